The van der Waals surface area contributed by atoms with Crippen LogP contribution in [0.25, 0.3) is 0 Å². The minimum atomic E-state index is 0.0278. The van der Waals surface area contributed by atoms with Gasteiger partial charge in [-0.25, -0.2) is 0 Å². The number of nitrogens with one attached hydrogen (secondary N) is 1. The summed E-state index contributed by atoms with van der Waals surface area (Å²) in [5.41, 5.74) is 12.2. The molecule has 0 spiro atoms. The molecule has 0 rings (SSSR count). The molecule has 2 heteroatoms. The second-order valence-corrected chi connectivity index (χ2v) is 2.55. The molecular weight excluding hydrogens is 88.1 g/mol. The van der Waals surface area contributed by atoms with Crippen molar-refractivity contribution < 1.29 is 0 Å². The predicted molar refractivity (Wildman–Crippen MR) is 30.8 cm³/mol. The highest BCUT2D eigenvalue weighted by molar-refractivity contribution is 4.68. The first kappa shape index (κ1) is 6.92. The Bertz CT molecular complexity index is 44.0. The maximum atomic E-state index is 6.93. The maximum absolute atomic E-state index is 6.93. The summed E-state index contributed by atoms with van der Waals surface area (Å²) >= 11 is 0. The van der Waals surface area contributed by atoms with E-state index in [1.807, 2.05) is 13.8 Å². The molecule has 3 N–H and O–H groups in total. The molecule has 0 aromatic heterocycles. The highest BCUT2D eigenvalue weighted by Gasteiger charge is 2.11. The molecule has 0 aliphatic heterocycles. The van der Waals surface area contributed by atoms with Crippen LogP contribution in [0, 0.1) is 5.41 Å². The summed E-state index contributed by atoms with van der Waals surface area (Å²) < 4.78 is 0. The lowest BCUT2D eigenvalue weighted by atomic mass is 9.95. The summed E-state index contributed by atoms with van der Waals surface area (Å²) in [4.78, 5) is 0. The number of rotatable bonds is 2. The normalized spacial score (nSPS) is 12.0. The summed E-state index contributed by atoms with van der Waals surface area (Å²) in [6.07, 6.45) is 0. The van der Waals surface area contributed by atoms with Gasteiger partial charge < -0.3 is 5.73 Å². The predicted octanol–water partition coefficient (Wildman–Crippen LogP) is 0.254. The van der Waals surface area contributed by atoms with Crippen LogP contribution in [0.15, 0.2) is 0 Å². The van der Waals surface area contributed by atoms with Gasteiger partial charge in [-0.3, -0.25) is 5.73 Å². The zero-order chi connectivity index (χ0) is 5.91. The van der Waals surface area contributed by atoms with E-state index in [0.29, 0.717) is 13.1 Å². The van der Waals surface area contributed by atoms with E-state index in [4.69, 9.17) is 11.5 Å². The summed E-state index contributed by atoms with van der Waals surface area (Å²) in [6, 6.07) is 0. The molecule has 0 aromatic rings. The van der Waals surface area contributed by atoms with Crippen LogP contribution < -0.4 is 11.5 Å². The summed E-state index contributed by atoms with van der Waals surface area (Å²) in [5, 5.41) is 0. The first-order valence-electron chi connectivity index (χ1n) is 2.47. The van der Waals surface area contributed by atoms with Crippen molar-refractivity contribution in [3.05, 3.63) is 0 Å². The Morgan fingerprint density at radius 3 is 2.00 bits per heavy atom. The van der Waals surface area contributed by atoms with Crippen molar-refractivity contribution in [3.8, 4) is 0 Å². The zero-order valence-electron chi connectivity index (χ0n) is 4.99. The Hall–Kier alpha value is -0.0800. The molecule has 0 saturated heterocycles. The van der Waals surface area contributed by atoms with E-state index in [-0.39, 0.29) is 5.41 Å². The molecule has 0 atom stereocenters. The first-order valence-corrected chi connectivity index (χ1v) is 2.47. The molecule has 1 radical (unpaired) electrons. The van der Waals surface area contributed by atoms with Gasteiger partial charge in [-0.1, -0.05) is 13.8 Å². The van der Waals surface area contributed by atoms with Crippen LogP contribution in [0.3, 0.4) is 0 Å². The SMILES string of the molecule is CC(C)(C[NH])CN. The van der Waals surface area contributed by atoms with Crippen LogP contribution in [0.5, 0.6) is 0 Å². The topological polar surface area (TPSA) is 49.8 Å². The molecular formula is C5H13N2. The van der Waals surface area contributed by atoms with Crippen LogP contribution in [-0.4, -0.2) is 13.1 Å². The lowest BCUT2D eigenvalue weighted by Crippen LogP contribution is -2.27. The maximum Gasteiger partial charge on any atom is 0.0163 e. The van der Waals surface area contributed by atoms with E-state index in [2.05, 4.69) is 0 Å². The number of hydrogen-bond acceptors (Lipinski definition) is 1. The molecule has 0 fully saturated rings. The highest BCUT2D eigenvalue weighted by Crippen LogP contribution is 2.08. The van der Waals surface area contributed by atoms with Gasteiger partial charge in [0.2, 0.25) is 0 Å². The third kappa shape index (κ3) is 2.60. The van der Waals surface area contributed by atoms with E-state index in [0.717, 1.165) is 0 Å². The molecule has 0 aliphatic carbocycles. The van der Waals surface area contributed by atoms with Gasteiger partial charge in [-0.15, -0.1) is 0 Å². The molecule has 0 aromatic carbocycles. The molecule has 0 amide bonds. The molecule has 0 saturated carbocycles. The van der Waals surface area contributed by atoms with Crippen molar-refractivity contribution in [1.29, 1.82) is 0 Å². The summed E-state index contributed by atoms with van der Waals surface area (Å²) in [7, 11) is 0. The van der Waals surface area contributed by atoms with Gasteiger partial charge in [0.15, 0.2) is 0 Å². The van der Waals surface area contributed by atoms with Gasteiger partial charge >= 0.3 is 0 Å². The fourth-order valence-corrected chi connectivity index (χ4v) is 0.0722. The number of hydrogen-bond donors (Lipinski definition) is 1. The largest absolute Gasteiger partial charge is 0.330 e. The third-order valence-corrected chi connectivity index (χ3v) is 1.03. The van der Waals surface area contributed by atoms with E-state index in [9.17, 15) is 0 Å². The van der Waals surface area contributed by atoms with E-state index >= 15 is 0 Å². The van der Waals surface area contributed by atoms with E-state index < -0.39 is 0 Å². The summed E-state index contributed by atoms with van der Waals surface area (Å²) in [6.45, 7) is 5.00. The van der Waals surface area contributed by atoms with Crippen molar-refractivity contribution in [3.63, 3.8) is 0 Å². The van der Waals surface area contributed by atoms with Crippen LogP contribution in [0.2, 0.25) is 0 Å². The van der Waals surface area contributed by atoms with Crippen molar-refractivity contribution >= 4 is 0 Å². The van der Waals surface area contributed by atoms with Crippen LogP contribution in [-0.2, 0) is 0 Å². The van der Waals surface area contributed by atoms with Crippen LogP contribution in [0.1, 0.15) is 13.8 Å². The average molecular weight is 101 g/mol. The van der Waals surface area contributed by atoms with Crippen molar-refractivity contribution in [2.24, 2.45) is 11.1 Å². The second-order valence-electron chi connectivity index (χ2n) is 2.55. The van der Waals surface area contributed by atoms with Crippen molar-refractivity contribution in [1.82, 2.24) is 5.73 Å². The molecule has 0 aliphatic rings. The lowest BCUT2D eigenvalue weighted by molar-refractivity contribution is 0.387. The van der Waals surface area contributed by atoms with E-state index in [1.54, 1.807) is 0 Å². The Kier molecular flexibility index (Phi) is 2.26. The fourth-order valence-electron chi connectivity index (χ4n) is 0.0722. The van der Waals surface area contributed by atoms with Crippen LogP contribution in [0.4, 0.5) is 0 Å². The van der Waals surface area contributed by atoms with Gasteiger partial charge in [-0.2, -0.15) is 0 Å². The quantitative estimate of drug-likeness (QED) is 0.532. The standard InChI is InChI=1S/C5H13N2/c1-5(2,3-6)4-7/h6H,3-4,7H2,1-2H3. The molecule has 0 bridgehead atoms. The minimum Gasteiger partial charge on any atom is -0.330 e. The zero-order valence-corrected chi connectivity index (χ0v) is 4.99. The van der Waals surface area contributed by atoms with Gasteiger partial charge in [0.1, 0.15) is 0 Å². The Morgan fingerprint density at radius 2 is 2.00 bits per heavy atom. The Labute approximate surface area is 44.9 Å². The monoisotopic (exact) mass is 101 g/mol. The Morgan fingerprint density at radius 1 is 1.57 bits per heavy atom. The second kappa shape index (κ2) is 2.28. The smallest absolute Gasteiger partial charge is 0.0163 e. The van der Waals surface area contributed by atoms with Gasteiger partial charge in [-0.05, 0) is 12.0 Å². The molecule has 7 heavy (non-hydrogen) atoms. The first-order chi connectivity index (χ1) is 3.12. The van der Waals surface area contributed by atoms with Gasteiger partial charge in [0, 0.05) is 6.54 Å². The van der Waals surface area contributed by atoms with Crippen LogP contribution >= 0.6 is 0 Å². The molecule has 43 valence electrons. The summed E-state index contributed by atoms with van der Waals surface area (Å²) in [5.74, 6) is 0. The average Bonchev–Trinajstić information content (AvgIpc) is 1.68. The van der Waals surface area contributed by atoms with Gasteiger partial charge in [0.05, 0.1) is 0 Å². The minimum absolute atomic E-state index is 0.0278. The Balaban J connectivity index is 3.36. The highest BCUT2D eigenvalue weighted by atomic mass is 14.6. The molecule has 2 nitrogen and oxygen atoms in total. The van der Waals surface area contributed by atoms with Crippen molar-refractivity contribution in [2.75, 3.05) is 13.1 Å². The van der Waals surface area contributed by atoms with Gasteiger partial charge in [0.25, 0.3) is 0 Å². The lowest BCUT2D eigenvalue weighted by Gasteiger charge is -2.17. The van der Waals surface area contributed by atoms with E-state index in [1.165, 1.54) is 0 Å². The molecule has 0 heterocycles. The fraction of sp³-hybridized carbons (Fsp3) is 1.00. The van der Waals surface area contributed by atoms with Crippen molar-refractivity contribution in [2.45, 2.75) is 13.8 Å². The molecule has 0 unspecified atom stereocenters. The third-order valence-electron chi connectivity index (χ3n) is 1.03. The number of nitrogens with two attached hydrogens (primary N) is 1.